The van der Waals surface area contributed by atoms with Gasteiger partial charge in [-0.25, -0.2) is 9.82 Å². The number of Topliss-reactive ketones (excluding diaryl/α,β-unsaturated/α-hetero) is 1. The van der Waals surface area contributed by atoms with Crippen molar-refractivity contribution in [2.75, 3.05) is 13.1 Å². The maximum Gasteiger partial charge on any atom is 0.325 e. The summed E-state index contributed by atoms with van der Waals surface area (Å²) in [4.78, 5) is 68.1. The molecule has 9 N–H and O–H groups in total. The van der Waals surface area contributed by atoms with E-state index in [1.54, 1.807) is 31.2 Å². The van der Waals surface area contributed by atoms with Crippen LogP contribution in [0.25, 0.3) is 0 Å². The number of aromatic hydroxyl groups is 1. The first-order valence-corrected chi connectivity index (χ1v) is 28.5. The highest BCUT2D eigenvalue weighted by Crippen LogP contribution is 2.46. The van der Waals surface area contributed by atoms with Gasteiger partial charge in [0.15, 0.2) is 0 Å². The maximum atomic E-state index is 14.6. The molecule has 0 radical (unpaired) electrons. The van der Waals surface area contributed by atoms with E-state index in [-0.39, 0.29) is 97.3 Å². The number of cyclic esters (lactones) is 1. The number of nitrogens with one attached hydrogen (secondary N) is 4. The van der Waals surface area contributed by atoms with Crippen LogP contribution >= 0.6 is 0 Å². The largest absolute Gasteiger partial charge is 0.508 e. The molecule has 2 bridgehead atoms. The van der Waals surface area contributed by atoms with Crippen LogP contribution in [0.15, 0.2) is 66.3 Å². The number of fused-ring (bicyclic) bond motifs is 2. The number of aliphatic hydroxyl groups is 4. The van der Waals surface area contributed by atoms with E-state index in [4.69, 9.17) is 9.47 Å². The van der Waals surface area contributed by atoms with Gasteiger partial charge in [-0.2, -0.15) is 0 Å². The Morgan fingerprint density at radius 2 is 1.72 bits per heavy atom. The summed E-state index contributed by atoms with van der Waals surface area (Å²) in [6.07, 6.45) is 11.7. The van der Waals surface area contributed by atoms with E-state index in [9.17, 15) is 53.9 Å². The van der Waals surface area contributed by atoms with Crippen molar-refractivity contribution >= 4 is 29.5 Å². The molecule has 18 heteroatoms. The van der Waals surface area contributed by atoms with Crippen LogP contribution in [0.4, 0.5) is 4.39 Å². The van der Waals surface area contributed by atoms with Gasteiger partial charge in [-0.1, -0.05) is 97.9 Å². The number of esters is 1. The van der Waals surface area contributed by atoms with Crippen molar-refractivity contribution in [3.63, 3.8) is 0 Å². The summed E-state index contributed by atoms with van der Waals surface area (Å²) < 4.78 is 27.5. The number of hydrogen-bond acceptors (Lipinski definition) is 14. The Kier molecular flexibility index (Phi) is 24.3. The lowest BCUT2D eigenvalue weighted by molar-refractivity contribution is -0.267. The van der Waals surface area contributed by atoms with Crippen molar-refractivity contribution in [3.05, 3.63) is 77.7 Å². The molecule has 3 amide bonds. The molecule has 4 aliphatic rings. The lowest BCUT2D eigenvalue weighted by Gasteiger charge is -2.56. The van der Waals surface area contributed by atoms with Gasteiger partial charge in [0.05, 0.1) is 36.6 Å². The molecule has 3 saturated heterocycles. The number of carbonyl (C=O) groups is 5. The van der Waals surface area contributed by atoms with Gasteiger partial charge >= 0.3 is 5.97 Å². The summed E-state index contributed by atoms with van der Waals surface area (Å²) in [5.74, 6) is -5.45. The molecule has 1 unspecified atom stereocenters. The summed E-state index contributed by atoms with van der Waals surface area (Å²) in [5.41, 5.74) is 2.96. The minimum Gasteiger partial charge on any atom is -0.508 e. The first-order chi connectivity index (χ1) is 36.9. The van der Waals surface area contributed by atoms with E-state index in [2.05, 4.69) is 28.3 Å². The van der Waals surface area contributed by atoms with Crippen molar-refractivity contribution in [1.29, 1.82) is 0 Å². The van der Waals surface area contributed by atoms with E-state index in [1.807, 2.05) is 66.7 Å². The number of benzene rings is 1. The summed E-state index contributed by atoms with van der Waals surface area (Å²) in [5, 5.41) is 66.6. The lowest BCUT2D eigenvalue weighted by Crippen LogP contribution is -2.71. The summed E-state index contributed by atoms with van der Waals surface area (Å²) >= 11 is 0. The molecule has 5 rings (SSSR count). The maximum absolute atomic E-state index is 14.6. The molecule has 436 valence electrons. The van der Waals surface area contributed by atoms with Crippen molar-refractivity contribution in [2.24, 2.45) is 47.3 Å². The minimum absolute atomic E-state index is 0.0254. The second-order valence-corrected chi connectivity index (χ2v) is 23.4. The monoisotopic (exact) mass is 1090 g/mol. The van der Waals surface area contributed by atoms with Crippen molar-refractivity contribution < 1.29 is 63.4 Å². The third kappa shape index (κ3) is 17.1. The van der Waals surface area contributed by atoms with Crippen LogP contribution in [0.1, 0.15) is 139 Å². The number of phenolic OH excluding ortho intramolecular Hbond substituents is 1. The van der Waals surface area contributed by atoms with Gasteiger partial charge in [0.1, 0.15) is 41.3 Å². The molecule has 4 aliphatic heterocycles. The van der Waals surface area contributed by atoms with Crippen LogP contribution in [0, 0.1) is 53.2 Å². The van der Waals surface area contributed by atoms with Crippen LogP contribution in [0.5, 0.6) is 5.75 Å². The quantitative estimate of drug-likeness (QED) is 0.0720. The van der Waals surface area contributed by atoms with Crippen LogP contribution in [0.3, 0.4) is 0 Å². The first kappa shape index (κ1) is 64.0. The van der Waals surface area contributed by atoms with Crippen LogP contribution in [-0.2, 0) is 39.9 Å². The minimum atomic E-state index is -1.28. The number of ketones is 1. The molecule has 0 saturated carbocycles. The number of nitrogens with zero attached hydrogens (tertiary/aromatic N) is 1. The number of halogens is 1. The second kappa shape index (κ2) is 29.6. The van der Waals surface area contributed by atoms with Crippen molar-refractivity contribution in [2.45, 2.75) is 200 Å². The van der Waals surface area contributed by atoms with Crippen LogP contribution in [-0.4, -0.2) is 134 Å². The smallest absolute Gasteiger partial charge is 0.325 e. The fourth-order valence-electron chi connectivity index (χ4n) is 11.5. The molecule has 17 nitrogen and oxygen atoms in total. The number of hydrazine groups is 1. The summed E-state index contributed by atoms with van der Waals surface area (Å²) in [6.45, 7) is 18.8. The normalized spacial score (nSPS) is 35.0. The molecule has 1 aromatic rings. The van der Waals surface area contributed by atoms with Gasteiger partial charge in [0.2, 0.25) is 11.8 Å². The fourth-order valence-corrected chi connectivity index (χ4v) is 11.5. The number of hydrogen-bond donors (Lipinski definition) is 9. The Balaban J connectivity index is 1.34. The Morgan fingerprint density at radius 1 is 0.987 bits per heavy atom. The first-order valence-electron chi connectivity index (χ1n) is 28.5. The number of piperidine rings is 1. The molecule has 4 heterocycles. The van der Waals surface area contributed by atoms with E-state index in [0.717, 1.165) is 18.6 Å². The number of aliphatic hydroxyl groups excluding tert-OH is 4. The summed E-state index contributed by atoms with van der Waals surface area (Å²) in [6, 6.07) is 0.273. The zero-order chi connectivity index (χ0) is 57.6. The average Bonchev–Trinajstić information content (AvgIpc) is 3.43. The zero-order valence-electron chi connectivity index (χ0n) is 47.7. The molecular weight excluding hydrogens is 1000 g/mol. The molecular formula is C60H92FN5O12. The number of amides is 3. The molecule has 1 aromatic carbocycles. The van der Waals surface area contributed by atoms with Gasteiger partial charge in [-0.15, -0.1) is 0 Å². The number of allylic oxidation sites excluding steroid dienone is 5. The number of rotatable bonds is 15. The molecule has 17 atom stereocenters. The van der Waals surface area contributed by atoms with Gasteiger partial charge in [-0.05, 0) is 99.8 Å². The van der Waals surface area contributed by atoms with Gasteiger partial charge < -0.3 is 55.8 Å². The molecule has 1 spiro atoms. The third-order valence-electron chi connectivity index (χ3n) is 17.0. The second-order valence-electron chi connectivity index (χ2n) is 23.4. The molecule has 0 aliphatic carbocycles. The number of ether oxygens (including phenoxy) is 2. The Hall–Kier alpha value is -4.82. The van der Waals surface area contributed by atoms with Crippen LogP contribution in [0.2, 0.25) is 0 Å². The van der Waals surface area contributed by atoms with E-state index in [0.29, 0.717) is 44.1 Å². The number of phenols is 1. The van der Waals surface area contributed by atoms with Crippen molar-refractivity contribution in [3.8, 4) is 5.75 Å². The Bertz CT molecular complexity index is 2290. The number of carbonyl (C=O) groups excluding carboxylic acids is 5. The third-order valence-corrected chi connectivity index (χ3v) is 17.0. The van der Waals surface area contributed by atoms with E-state index < -0.39 is 95.9 Å². The standard InChI is InChI=1S/C60H92FN5O12/c1-11-43-27-37(6)60(64-56(43)73)41(10)54(71)40(9)52(78-60)32-50(70)35(4)19-14-12-15-20-36(5)51-23-17-13-16-22-49(69)39(8)55(72)44(25-24-38(7)67)33-62-53(34(2)3)57(74)63-48(30-42-28-45(61)31-46(68)29-42)58(75)66-26-18-21-47(65-66)59(76)77-51/h12-13,15-17,20,22,28-29,31,34-35,37,39-41,43-44,47-55,62,65,68-72H,11,14,18-19,21,23-27,30,32-33H2,1-10H3,(H,63,74)(H,64,73)/b15-12+,17-13+,22-16+,36-20+/t35-,37-,39-,40-,41-,43-,44-,47?,48-,49-,50-,51-,52-,53-,54-,55+,60+/m0/s1. The lowest BCUT2D eigenvalue weighted by atomic mass is 9.69. The van der Waals surface area contributed by atoms with Gasteiger partial charge in [0.25, 0.3) is 5.91 Å². The SMILES string of the molecule is CC[C@H]1C[C@H](C)[C@@]2(NC1=O)O[C@@H](C[C@H](O)[C@@H](C)CC/C=C/C=C(\C)[C@@H]1C/C=C/C=C/[C@H](O)[C@H](C)[C@@H](O)[C@@H](CCC(C)=O)CN[C@@H](C(C)C)C(=O)N[C@@H](Cc3cc(O)cc(F)c3)C(=O)N3CCCC(N3)C(=O)O1)[C@H](C)[C@H](O)[C@@H]2C. The highest BCUT2D eigenvalue weighted by molar-refractivity contribution is 5.90. The topological polar surface area (TPSA) is 256 Å². The highest BCUT2D eigenvalue weighted by atomic mass is 19.1. The average molecular weight is 1090 g/mol. The fraction of sp³-hybridized carbons (Fsp3) is 0.683. The molecule has 78 heavy (non-hydrogen) atoms. The van der Waals surface area contributed by atoms with Crippen molar-refractivity contribution in [1.82, 2.24) is 26.4 Å². The highest BCUT2D eigenvalue weighted by Gasteiger charge is 2.57. The Morgan fingerprint density at radius 3 is 2.40 bits per heavy atom. The molecule has 3 fully saturated rings. The van der Waals surface area contributed by atoms with E-state index >= 15 is 0 Å². The van der Waals surface area contributed by atoms with Crippen LogP contribution < -0.4 is 21.4 Å². The Labute approximate surface area is 461 Å². The van der Waals surface area contributed by atoms with E-state index in [1.165, 1.54) is 18.0 Å². The van der Waals surface area contributed by atoms with Gasteiger partial charge in [0, 0.05) is 74.4 Å². The molecule has 0 aromatic heterocycles. The predicted molar refractivity (Wildman–Crippen MR) is 295 cm³/mol. The summed E-state index contributed by atoms with van der Waals surface area (Å²) in [7, 11) is 0. The van der Waals surface area contributed by atoms with Gasteiger partial charge in [-0.3, -0.25) is 24.2 Å². The predicted octanol–water partition coefficient (Wildman–Crippen LogP) is 6.02. The zero-order valence-corrected chi connectivity index (χ0v) is 47.7.